The van der Waals surface area contributed by atoms with E-state index in [2.05, 4.69) is 10.2 Å². The van der Waals surface area contributed by atoms with Crippen molar-refractivity contribution in [3.8, 4) is 11.5 Å². The SMILES string of the molecule is COC1(c2cc(S(N)(=O)=O)nn2C(C)C)COC1.COc1ccc(CN(Cc2ccc(OC)cc2)S(=O)(=O)c2cc(C3(OC)COC3)n(C(C)C)n2)cc1. The van der Waals surface area contributed by atoms with E-state index in [4.69, 9.17) is 33.6 Å². The Morgan fingerprint density at radius 3 is 1.35 bits per heavy atom. The molecule has 2 aromatic carbocycles. The van der Waals surface area contributed by atoms with Crippen molar-refractivity contribution in [1.29, 1.82) is 0 Å². The quantitative estimate of drug-likeness (QED) is 0.184. The van der Waals surface area contributed by atoms with Crippen molar-refractivity contribution >= 4 is 20.0 Å². The number of sulfonamides is 2. The van der Waals surface area contributed by atoms with Crippen molar-refractivity contribution in [3.05, 3.63) is 83.2 Å². The minimum atomic E-state index is -3.97. The van der Waals surface area contributed by atoms with Crippen LogP contribution in [0.15, 0.2) is 70.7 Å². The van der Waals surface area contributed by atoms with Crippen LogP contribution in [0.2, 0.25) is 0 Å². The monoisotopic (exact) mass is 790 g/mol. The van der Waals surface area contributed by atoms with E-state index in [1.807, 2.05) is 76.2 Å². The summed E-state index contributed by atoms with van der Waals surface area (Å²) in [4.78, 5) is 0. The number of aromatic nitrogens is 4. The molecule has 296 valence electrons. The normalized spacial score (nSPS) is 16.4. The third-order valence-corrected chi connectivity index (χ3v) is 11.8. The second-order valence-corrected chi connectivity index (χ2v) is 17.1. The Morgan fingerprint density at radius 1 is 0.685 bits per heavy atom. The summed E-state index contributed by atoms with van der Waals surface area (Å²) in [5, 5.41) is 13.5. The highest BCUT2D eigenvalue weighted by Crippen LogP contribution is 2.37. The van der Waals surface area contributed by atoms with Gasteiger partial charge < -0.3 is 28.4 Å². The first-order chi connectivity index (χ1) is 25.5. The Labute approximate surface area is 317 Å². The molecular formula is C36H50N6O10S2. The van der Waals surface area contributed by atoms with Crippen molar-refractivity contribution < 1.29 is 45.3 Å². The van der Waals surface area contributed by atoms with Gasteiger partial charge in [-0.2, -0.15) is 14.5 Å². The Balaban J connectivity index is 0.000000260. The fourth-order valence-electron chi connectivity index (χ4n) is 6.02. The minimum absolute atomic E-state index is 0.00289. The molecule has 0 spiro atoms. The fraction of sp³-hybridized carbons (Fsp3) is 0.500. The van der Waals surface area contributed by atoms with E-state index in [9.17, 15) is 16.8 Å². The number of hydrogen-bond acceptors (Lipinski definition) is 12. The Kier molecular flexibility index (Phi) is 12.6. The lowest BCUT2D eigenvalue weighted by atomic mass is 9.97. The van der Waals surface area contributed by atoms with E-state index in [-0.39, 0.29) is 35.2 Å². The van der Waals surface area contributed by atoms with Crippen molar-refractivity contribution in [2.45, 2.75) is 74.1 Å². The van der Waals surface area contributed by atoms with E-state index < -0.39 is 31.2 Å². The third-order valence-electron chi connectivity index (χ3n) is 9.39. The van der Waals surface area contributed by atoms with Gasteiger partial charge in [-0.3, -0.25) is 9.36 Å². The number of primary sulfonamides is 1. The number of nitrogens with two attached hydrogens (primary N) is 1. The van der Waals surface area contributed by atoms with E-state index in [0.717, 1.165) is 11.1 Å². The van der Waals surface area contributed by atoms with Gasteiger partial charge in [-0.1, -0.05) is 24.3 Å². The lowest BCUT2D eigenvalue weighted by Crippen LogP contribution is -2.49. The van der Waals surface area contributed by atoms with Crippen LogP contribution in [0, 0.1) is 0 Å². The Hall–Kier alpha value is -3.88. The average Bonchev–Trinajstić information content (AvgIpc) is 3.76. The second-order valence-electron chi connectivity index (χ2n) is 13.7. The summed E-state index contributed by atoms with van der Waals surface area (Å²) in [6.07, 6.45) is 0. The van der Waals surface area contributed by atoms with E-state index >= 15 is 0 Å². The molecule has 4 heterocycles. The molecular weight excluding hydrogens is 741 g/mol. The summed E-state index contributed by atoms with van der Waals surface area (Å²) in [6.45, 7) is 9.54. The average molecular weight is 791 g/mol. The number of rotatable bonds is 15. The number of benzene rings is 2. The van der Waals surface area contributed by atoms with Gasteiger partial charge in [0.05, 0.1) is 52.0 Å². The molecule has 0 amide bonds. The molecule has 2 fully saturated rings. The van der Waals surface area contributed by atoms with Gasteiger partial charge in [-0.15, -0.1) is 0 Å². The smallest absolute Gasteiger partial charge is 0.263 e. The van der Waals surface area contributed by atoms with Gasteiger partial charge in [0.25, 0.3) is 20.0 Å². The maximum atomic E-state index is 14.0. The maximum Gasteiger partial charge on any atom is 0.263 e. The highest BCUT2D eigenvalue weighted by atomic mass is 32.2. The van der Waals surface area contributed by atoms with Gasteiger partial charge in [0.1, 0.15) is 11.5 Å². The first-order valence-corrected chi connectivity index (χ1v) is 20.3. The molecule has 2 aromatic heterocycles. The molecule has 2 aliphatic heterocycles. The molecule has 0 aliphatic carbocycles. The molecule has 0 saturated carbocycles. The van der Waals surface area contributed by atoms with Crippen LogP contribution in [0.1, 0.15) is 62.3 Å². The Morgan fingerprint density at radius 2 is 1.06 bits per heavy atom. The molecule has 2 saturated heterocycles. The van der Waals surface area contributed by atoms with Crippen LogP contribution >= 0.6 is 0 Å². The molecule has 16 nitrogen and oxygen atoms in total. The summed E-state index contributed by atoms with van der Waals surface area (Å²) in [7, 11) is -1.43. The number of nitrogens with zero attached hydrogens (tertiary/aromatic N) is 5. The van der Waals surface area contributed by atoms with Crippen molar-refractivity contribution in [1.82, 2.24) is 23.9 Å². The largest absolute Gasteiger partial charge is 0.497 e. The summed E-state index contributed by atoms with van der Waals surface area (Å²) < 4.78 is 87.8. The second kappa shape index (κ2) is 16.5. The van der Waals surface area contributed by atoms with Gasteiger partial charge in [-0.25, -0.2) is 22.0 Å². The zero-order valence-corrected chi connectivity index (χ0v) is 33.5. The number of hydrogen-bond donors (Lipinski definition) is 1. The summed E-state index contributed by atoms with van der Waals surface area (Å²) in [5.41, 5.74) is 1.70. The van der Waals surface area contributed by atoms with Crippen molar-refractivity contribution in [2.75, 3.05) is 54.9 Å². The molecule has 0 radical (unpaired) electrons. The molecule has 54 heavy (non-hydrogen) atoms. The minimum Gasteiger partial charge on any atom is -0.497 e. The molecule has 0 unspecified atom stereocenters. The van der Waals surface area contributed by atoms with Gasteiger partial charge in [0.15, 0.2) is 21.3 Å². The topological polar surface area (TPSA) is 189 Å². The zero-order valence-electron chi connectivity index (χ0n) is 31.9. The standard InChI is InChI=1S/C26H33N3O6S.C10H17N3O4S/c1-19(2)29-24(26(34-5)17-35-18-26)14-25(27-29)36(30,31)28(15-20-6-10-22(32-3)11-7-20)16-21-8-12-23(33-4)13-9-21;1-7(2)13-8(10(16-3)5-17-6-10)4-9(12-13)18(11,14)15/h6-14,19H,15-18H2,1-5H3;4,7H,5-6H2,1-3H3,(H2,11,14,15). The van der Waals surface area contributed by atoms with Crippen LogP contribution in [-0.2, 0) is 63.3 Å². The van der Waals surface area contributed by atoms with Crippen LogP contribution in [0.4, 0.5) is 0 Å². The van der Waals surface area contributed by atoms with E-state index in [1.54, 1.807) is 43.9 Å². The molecule has 2 N–H and O–H groups in total. The number of ether oxygens (including phenoxy) is 6. The highest BCUT2D eigenvalue weighted by Gasteiger charge is 2.46. The lowest BCUT2D eigenvalue weighted by Gasteiger charge is -2.40. The Bertz CT molecular complexity index is 2030. The van der Waals surface area contributed by atoms with Crippen LogP contribution in [-0.4, -0.2) is 95.6 Å². The fourth-order valence-corrected chi connectivity index (χ4v) is 7.85. The molecule has 0 atom stereocenters. The molecule has 4 aromatic rings. The highest BCUT2D eigenvalue weighted by molar-refractivity contribution is 7.89. The van der Waals surface area contributed by atoms with Crippen LogP contribution in [0.5, 0.6) is 11.5 Å². The van der Waals surface area contributed by atoms with Gasteiger partial charge >= 0.3 is 0 Å². The lowest BCUT2D eigenvalue weighted by molar-refractivity contribution is -0.206. The van der Waals surface area contributed by atoms with E-state index in [0.29, 0.717) is 49.3 Å². The maximum absolute atomic E-state index is 14.0. The van der Waals surface area contributed by atoms with Crippen LogP contribution < -0.4 is 14.6 Å². The van der Waals surface area contributed by atoms with Gasteiger partial charge in [0.2, 0.25) is 0 Å². The van der Waals surface area contributed by atoms with E-state index in [1.165, 1.54) is 10.4 Å². The predicted octanol–water partition coefficient (Wildman–Crippen LogP) is 3.73. The van der Waals surface area contributed by atoms with Gasteiger partial charge in [-0.05, 0) is 63.1 Å². The summed E-state index contributed by atoms with van der Waals surface area (Å²) in [5.74, 6) is 1.41. The number of methoxy groups -OCH3 is 4. The zero-order chi connectivity index (χ0) is 39.5. The summed E-state index contributed by atoms with van der Waals surface area (Å²) in [6, 6.07) is 17.7. The predicted molar refractivity (Wildman–Crippen MR) is 198 cm³/mol. The third kappa shape index (κ3) is 8.50. The van der Waals surface area contributed by atoms with Gasteiger partial charge in [0, 0.05) is 51.5 Å². The molecule has 0 bridgehead atoms. The first kappa shape index (κ1) is 41.3. The van der Waals surface area contributed by atoms with Crippen LogP contribution in [0.25, 0.3) is 0 Å². The molecule has 2 aliphatic rings. The first-order valence-electron chi connectivity index (χ1n) is 17.3. The van der Waals surface area contributed by atoms with Crippen LogP contribution in [0.3, 0.4) is 0 Å². The van der Waals surface area contributed by atoms with Crippen molar-refractivity contribution in [2.24, 2.45) is 5.14 Å². The molecule has 18 heteroatoms. The van der Waals surface area contributed by atoms with Crippen molar-refractivity contribution in [3.63, 3.8) is 0 Å². The molecule has 6 rings (SSSR count). The summed E-state index contributed by atoms with van der Waals surface area (Å²) >= 11 is 0.